The largest absolute Gasteiger partial charge is 0.339 e. The van der Waals surface area contributed by atoms with Crippen LogP contribution in [0.15, 0.2) is 0 Å². The second-order valence-electron chi connectivity index (χ2n) is 7.59. The Labute approximate surface area is 144 Å². The first-order chi connectivity index (χ1) is 10.6. The first kappa shape index (κ1) is 22.4. The number of nitrogens with zero attached hydrogens (tertiary/aromatic N) is 1. The smallest absolute Gasteiger partial charge is 0.240 e. The molecule has 0 saturated heterocycles. The van der Waals surface area contributed by atoms with Crippen LogP contribution >= 0.6 is 0 Å². The zero-order chi connectivity index (χ0) is 18.0. The SMILES string of the molecule is CC(C)NCCN(CCNC(C)C)C(=O)C(NC(C)C)C(C)C. The first-order valence-corrected chi connectivity index (χ1v) is 9.16. The molecule has 1 amide bonds. The molecule has 0 spiro atoms. The maximum absolute atomic E-state index is 13.0. The Balaban J connectivity index is 4.78. The molecule has 0 saturated carbocycles. The van der Waals surface area contributed by atoms with E-state index in [1.165, 1.54) is 0 Å². The zero-order valence-corrected chi connectivity index (χ0v) is 16.6. The molecular weight excluding hydrogens is 288 g/mol. The summed E-state index contributed by atoms with van der Waals surface area (Å²) in [5, 5.41) is 10.2. The normalized spacial score (nSPS) is 13.4. The Morgan fingerprint density at radius 2 is 1.22 bits per heavy atom. The van der Waals surface area contributed by atoms with Crippen molar-refractivity contribution >= 4 is 5.91 Å². The van der Waals surface area contributed by atoms with E-state index in [2.05, 4.69) is 71.3 Å². The van der Waals surface area contributed by atoms with Crippen molar-refractivity contribution in [2.24, 2.45) is 5.92 Å². The zero-order valence-electron chi connectivity index (χ0n) is 16.6. The Morgan fingerprint density at radius 3 is 1.52 bits per heavy atom. The summed E-state index contributed by atoms with van der Waals surface area (Å²) < 4.78 is 0. The summed E-state index contributed by atoms with van der Waals surface area (Å²) in [7, 11) is 0. The van der Waals surface area contributed by atoms with E-state index in [-0.39, 0.29) is 17.9 Å². The highest BCUT2D eigenvalue weighted by Gasteiger charge is 2.27. The van der Waals surface area contributed by atoms with Crippen molar-refractivity contribution < 1.29 is 4.79 Å². The summed E-state index contributed by atoms with van der Waals surface area (Å²) in [5.74, 6) is 0.494. The molecule has 0 heterocycles. The molecular formula is C18H40N4O. The molecule has 0 radical (unpaired) electrons. The molecule has 0 aromatic carbocycles. The first-order valence-electron chi connectivity index (χ1n) is 9.16. The van der Waals surface area contributed by atoms with Gasteiger partial charge in [0, 0.05) is 44.3 Å². The number of carbonyl (C=O) groups is 1. The van der Waals surface area contributed by atoms with Crippen molar-refractivity contribution in [1.82, 2.24) is 20.9 Å². The fraction of sp³-hybridized carbons (Fsp3) is 0.944. The van der Waals surface area contributed by atoms with E-state index in [0.29, 0.717) is 18.1 Å². The van der Waals surface area contributed by atoms with E-state index in [1.807, 2.05) is 4.90 Å². The molecule has 0 aromatic heterocycles. The Bertz CT molecular complexity index is 302. The molecule has 5 heteroatoms. The summed E-state index contributed by atoms with van der Waals surface area (Å²) in [6.07, 6.45) is 0. The molecule has 0 aliphatic heterocycles. The predicted octanol–water partition coefficient (Wildman–Crippen LogP) is 1.83. The van der Waals surface area contributed by atoms with E-state index in [1.54, 1.807) is 0 Å². The molecule has 0 bridgehead atoms. The van der Waals surface area contributed by atoms with Gasteiger partial charge in [-0.15, -0.1) is 0 Å². The van der Waals surface area contributed by atoms with Gasteiger partial charge in [-0.25, -0.2) is 0 Å². The van der Waals surface area contributed by atoms with Gasteiger partial charge in [0.05, 0.1) is 6.04 Å². The lowest BCUT2D eigenvalue weighted by molar-refractivity contribution is -0.134. The van der Waals surface area contributed by atoms with E-state index in [4.69, 9.17) is 0 Å². The van der Waals surface area contributed by atoms with Crippen LogP contribution in [0.1, 0.15) is 55.4 Å². The second kappa shape index (κ2) is 11.8. The number of hydrogen-bond donors (Lipinski definition) is 3. The van der Waals surface area contributed by atoms with Gasteiger partial charge in [-0.05, 0) is 5.92 Å². The second-order valence-corrected chi connectivity index (χ2v) is 7.59. The molecule has 0 aliphatic carbocycles. The van der Waals surface area contributed by atoms with Crippen molar-refractivity contribution in [2.45, 2.75) is 79.6 Å². The molecule has 0 rings (SSSR count). The Morgan fingerprint density at radius 1 is 0.783 bits per heavy atom. The molecule has 3 N–H and O–H groups in total. The Hall–Kier alpha value is -0.650. The molecule has 5 nitrogen and oxygen atoms in total. The highest BCUT2D eigenvalue weighted by atomic mass is 16.2. The van der Waals surface area contributed by atoms with E-state index >= 15 is 0 Å². The van der Waals surface area contributed by atoms with Gasteiger partial charge < -0.3 is 20.9 Å². The number of amides is 1. The fourth-order valence-electron chi connectivity index (χ4n) is 2.41. The Kier molecular flexibility index (Phi) is 11.5. The minimum Gasteiger partial charge on any atom is -0.339 e. The summed E-state index contributed by atoms with van der Waals surface area (Å²) in [4.78, 5) is 15.0. The lowest BCUT2D eigenvalue weighted by Gasteiger charge is -2.31. The van der Waals surface area contributed by atoms with Gasteiger partial charge in [0.25, 0.3) is 0 Å². The molecule has 0 aliphatic rings. The van der Waals surface area contributed by atoms with Crippen LogP contribution in [-0.2, 0) is 4.79 Å². The lowest BCUT2D eigenvalue weighted by atomic mass is 10.0. The average molecular weight is 329 g/mol. The lowest BCUT2D eigenvalue weighted by Crippen LogP contribution is -2.54. The van der Waals surface area contributed by atoms with Crippen LogP contribution in [0.25, 0.3) is 0 Å². The van der Waals surface area contributed by atoms with Crippen LogP contribution in [0.4, 0.5) is 0 Å². The predicted molar refractivity (Wildman–Crippen MR) is 99.8 cm³/mol. The van der Waals surface area contributed by atoms with Gasteiger partial charge in [-0.1, -0.05) is 55.4 Å². The highest BCUT2D eigenvalue weighted by Crippen LogP contribution is 2.07. The van der Waals surface area contributed by atoms with Crippen LogP contribution in [0.5, 0.6) is 0 Å². The van der Waals surface area contributed by atoms with Gasteiger partial charge >= 0.3 is 0 Å². The highest BCUT2D eigenvalue weighted by molar-refractivity contribution is 5.82. The molecule has 23 heavy (non-hydrogen) atoms. The van der Waals surface area contributed by atoms with Crippen LogP contribution < -0.4 is 16.0 Å². The van der Waals surface area contributed by atoms with Gasteiger partial charge in [0.2, 0.25) is 5.91 Å². The molecule has 138 valence electrons. The van der Waals surface area contributed by atoms with Crippen LogP contribution in [0.2, 0.25) is 0 Å². The van der Waals surface area contributed by atoms with Crippen LogP contribution in [0, 0.1) is 5.92 Å². The van der Waals surface area contributed by atoms with Gasteiger partial charge in [-0.3, -0.25) is 4.79 Å². The van der Waals surface area contributed by atoms with Crippen LogP contribution in [-0.4, -0.2) is 61.2 Å². The quantitative estimate of drug-likeness (QED) is 0.512. The molecule has 1 unspecified atom stereocenters. The third-order valence-corrected chi connectivity index (χ3v) is 3.63. The molecule has 1 atom stereocenters. The number of rotatable bonds is 12. The van der Waals surface area contributed by atoms with Crippen molar-refractivity contribution in [3.8, 4) is 0 Å². The summed E-state index contributed by atoms with van der Waals surface area (Å²) in [5.41, 5.74) is 0. The number of hydrogen-bond acceptors (Lipinski definition) is 4. The topological polar surface area (TPSA) is 56.4 Å². The van der Waals surface area contributed by atoms with Crippen molar-refractivity contribution in [2.75, 3.05) is 26.2 Å². The maximum Gasteiger partial charge on any atom is 0.240 e. The van der Waals surface area contributed by atoms with E-state index in [0.717, 1.165) is 26.2 Å². The monoisotopic (exact) mass is 328 g/mol. The van der Waals surface area contributed by atoms with Crippen molar-refractivity contribution in [3.05, 3.63) is 0 Å². The standard InChI is InChI=1S/C18H40N4O/c1-13(2)17(21-16(7)8)18(23)22(11-9-19-14(3)4)12-10-20-15(5)6/h13-17,19-21H,9-12H2,1-8H3. The van der Waals surface area contributed by atoms with E-state index < -0.39 is 0 Å². The van der Waals surface area contributed by atoms with E-state index in [9.17, 15) is 4.79 Å². The van der Waals surface area contributed by atoms with Gasteiger partial charge in [0.15, 0.2) is 0 Å². The maximum atomic E-state index is 13.0. The summed E-state index contributed by atoms with van der Waals surface area (Å²) in [6, 6.07) is 1.06. The van der Waals surface area contributed by atoms with Gasteiger partial charge in [-0.2, -0.15) is 0 Å². The third-order valence-electron chi connectivity index (χ3n) is 3.63. The minimum absolute atomic E-state index is 0.118. The number of nitrogens with one attached hydrogen (secondary N) is 3. The molecule has 0 fully saturated rings. The number of carbonyl (C=O) groups excluding carboxylic acids is 1. The van der Waals surface area contributed by atoms with Gasteiger partial charge in [0.1, 0.15) is 0 Å². The van der Waals surface area contributed by atoms with Crippen molar-refractivity contribution in [1.29, 1.82) is 0 Å². The fourth-order valence-corrected chi connectivity index (χ4v) is 2.41. The van der Waals surface area contributed by atoms with Crippen molar-refractivity contribution in [3.63, 3.8) is 0 Å². The summed E-state index contributed by atoms with van der Waals surface area (Å²) >= 11 is 0. The summed E-state index contributed by atoms with van der Waals surface area (Å²) in [6.45, 7) is 20.1. The third kappa shape index (κ3) is 10.7. The average Bonchev–Trinajstić information content (AvgIpc) is 2.41. The molecule has 0 aromatic rings. The van der Waals surface area contributed by atoms with Crippen LogP contribution in [0.3, 0.4) is 0 Å². The minimum atomic E-state index is -0.118.